The maximum atomic E-state index is 12.6. The second kappa shape index (κ2) is 5.68. The molecule has 21 heavy (non-hydrogen) atoms. The zero-order chi connectivity index (χ0) is 15.8. The molecule has 118 valence electrons. The Kier molecular flexibility index (Phi) is 4.44. The molecule has 1 heterocycles. The first-order chi connectivity index (χ1) is 9.60. The lowest BCUT2D eigenvalue weighted by atomic mass is 9.94. The van der Waals surface area contributed by atoms with E-state index in [-0.39, 0.29) is 9.79 Å². The molecular formula is C13H20N2O4S2. The van der Waals surface area contributed by atoms with Gasteiger partial charge in [0.25, 0.3) is 0 Å². The number of hydrogen-bond donors (Lipinski definition) is 1. The predicted molar refractivity (Wildman–Crippen MR) is 79.5 cm³/mol. The first-order valence-corrected chi connectivity index (χ1v) is 9.72. The standard InChI is InChI=1S/C13H20N2O4S2/c1-10-7-11(2)9-15(8-10)21(18,19)13-5-3-12(4-6-13)20(14,16)17/h3-6,10-11H,7-9H2,1-2H3,(H2,14,16,17)/t10-,11+. The van der Waals surface area contributed by atoms with Crippen LogP contribution in [-0.4, -0.2) is 34.2 Å². The molecule has 0 radical (unpaired) electrons. The van der Waals surface area contributed by atoms with Gasteiger partial charge in [-0.05, 0) is 42.5 Å². The van der Waals surface area contributed by atoms with Crippen molar-refractivity contribution in [2.24, 2.45) is 17.0 Å². The molecule has 1 fully saturated rings. The Morgan fingerprint density at radius 3 is 1.81 bits per heavy atom. The van der Waals surface area contributed by atoms with Gasteiger partial charge in [0.05, 0.1) is 9.79 Å². The largest absolute Gasteiger partial charge is 0.243 e. The van der Waals surface area contributed by atoms with E-state index in [4.69, 9.17) is 5.14 Å². The van der Waals surface area contributed by atoms with Crippen molar-refractivity contribution in [1.82, 2.24) is 4.31 Å². The summed E-state index contributed by atoms with van der Waals surface area (Å²) in [5, 5.41) is 5.01. The lowest BCUT2D eigenvalue weighted by Gasteiger charge is -2.34. The topological polar surface area (TPSA) is 97.5 Å². The van der Waals surface area contributed by atoms with E-state index in [0.29, 0.717) is 24.9 Å². The molecule has 0 spiro atoms. The highest BCUT2D eigenvalue weighted by Crippen LogP contribution is 2.27. The Hall–Kier alpha value is -0.960. The highest BCUT2D eigenvalue weighted by molar-refractivity contribution is 7.89. The number of rotatable bonds is 3. The molecule has 6 nitrogen and oxygen atoms in total. The van der Waals surface area contributed by atoms with E-state index in [1.807, 2.05) is 13.8 Å². The van der Waals surface area contributed by atoms with Gasteiger partial charge in [0, 0.05) is 13.1 Å². The van der Waals surface area contributed by atoms with Gasteiger partial charge >= 0.3 is 0 Å². The maximum Gasteiger partial charge on any atom is 0.243 e. The summed E-state index contributed by atoms with van der Waals surface area (Å²) in [5.41, 5.74) is 0. The Morgan fingerprint density at radius 2 is 1.38 bits per heavy atom. The van der Waals surface area contributed by atoms with Gasteiger partial charge in [-0.15, -0.1) is 0 Å². The fourth-order valence-electron chi connectivity index (χ4n) is 2.75. The van der Waals surface area contributed by atoms with E-state index in [1.54, 1.807) is 0 Å². The number of sulfonamides is 2. The van der Waals surface area contributed by atoms with E-state index < -0.39 is 20.0 Å². The summed E-state index contributed by atoms with van der Waals surface area (Å²) in [4.78, 5) is -0.00182. The van der Waals surface area contributed by atoms with Crippen LogP contribution in [0.2, 0.25) is 0 Å². The van der Waals surface area contributed by atoms with E-state index in [1.165, 1.54) is 28.6 Å². The monoisotopic (exact) mass is 332 g/mol. The molecule has 2 atom stereocenters. The summed E-state index contributed by atoms with van der Waals surface area (Å²) in [7, 11) is -7.41. The van der Waals surface area contributed by atoms with Crippen molar-refractivity contribution in [3.8, 4) is 0 Å². The van der Waals surface area contributed by atoms with Crippen LogP contribution in [-0.2, 0) is 20.0 Å². The Morgan fingerprint density at radius 1 is 0.952 bits per heavy atom. The van der Waals surface area contributed by atoms with Crippen LogP contribution in [0.1, 0.15) is 20.3 Å². The van der Waals surface area contributed by atoms with Crippen LogP contribution < -0.4 is 5.14 Å². The number of benzene rings is 1. The van der Waals surface area contributed by atoms with Crippen molar-refractivity contribution in [3.05, 3.63) is 24.3 Å². The van der Waals surface area contributed by atoms with Crippen LogP contribution in [0.3, 0.4) is 0 Å². The molecule has 1 saturated heterocycles. The van der Waals surface area contributed by atoms with Crippen molar-refractivity contribution in [3.63, 3.8) is 0 Å². The van der Waals surface area contributed by atoms with Crippen LogP contribution in [0.4, 0.5) is 0 Å². The summed E-state index contributed by atoms with van der Waals surface area (Å²) in [6, 6.07) is 5.02. The van der Waals surface area contributed by atoms with Crippen molar-refractivity contribution >= 4 is 20.0 Å². The second-order valence-corrected chi connectivity index (χ2v) is 9.28. The minimum atomic E-state index is -3.82. The fourth-order valence-corrected chi connectivity index (χ4v) is 4.95. The number of piperidine rings is 1. The predicted octanol–water partition coefficient (Wildman–Crippen LogP) is 1.00. The number of hydrogen-bond acceptors (Lipinski definition) is 4. The van der Waals surface area contributed by atoms with Gasteiger partial charge in [0.1, 0.15) is 0 Å². The molecule has 1 aromatic rings. The van der Waals surface area contributed by atoms with Gasteiger partial charge in [-0.25, -0.2) is 22.0 Å². The van der Waals surface area contributed by atoms with Crippen molar-refractivity contribution in [2.75, 3.05) is 13.1 Å². The lowest BCUT2D eigenvalue weighted by Crippen LogP contribution is -2.42. The zero-order valence-corrected chi connectivity index (χ0v) is 13.7. The molecular weight excluding hydrogens is 312 g/mol. The molecule has 1 aliphatic rings. The SMILES string of the molecule is C[C@@H]1C[C@H](C)CN(S(=O)(=O)c2ccc(S(N)(=O)=O)cc2)C1. The summed E-state index contributed by atoms with van der Waals surface area (Å²) >= 11 is 0. The van der Waals surface area contributed by atoms with Gasteiger partial charge in [-0.1, -0.05) is 13.8 Å². The average Bonchev–Trinajstić information content (AvgIpc) is 2.36. The highest BCUT2D eigenvalue weighted by atomic mass is 32.2. The van der Waals surface area contributed by atoms with Crippen LogP contribution in [0.25, 0.3) is 0 Å². The van der Waals surface area contributed by atoms with Crippen molar-refractivity contribution < 1.29 is 16.8 Å². The normalized spacial score (nSPS) is 24.9. The number of nitrogens with zero attached hydrogens (tertiary/aromatic N) is 1. The van der Waals surface area contributed by atoms with E-state index in [0.717, 1.165) is 6.42 Å². The molecule has 2 rings (SSSR count). The lowest BCUT2D eigenvalue weighted by molar-refractivity contribution is 0.222. The third-order valence-electron chi connectivity index (χ3n) is 3.63. The van der Waals surface area contributed by atoms with E-state index >= 15 is 0 Å². The molecule has 2 N–H and O–H groups in total. The molecule has 0 bridgehead atoms. The molecule has 1 aromatic carbocycles. The molecule has 0 unspecified atom stereocenters. The molecule has 0 saturated carbocycles. The van der Waals surface area contributed by atoms with Crippen LogP contribution in [0, 0.1) is 11.8 Å². The van der Waals surface area contributed by atoms with E-state index in [9.17, 15) is 16.8 Å². The second-order valence-electron chi connectivity index (χ2n) is 5.78. The first kappa shape index (κ1) is 16.4. The third kappa shape index (κ3) is 3.63. The van der Waals surface area contributed by atoms with Gasteiger partial charge in [-0.2, -0.15) is 4.31 Å². The molecule has 0 aliphatic carbocycles. The van der Waals surface area contributed by atoms with Gasteiger partial charge in [-0.3, -0.25) is 0 Å². The minimum absolute atomic E-state index is 0.0937. The zero-order valence-electron chi connectivity index (χ0n) is 12.1. The third-order valence-corrected chi connectivity index (χ3v) is 6.40. The summed E-state index contributed by atoms with van der Waals surface area (Å²) in [5.74, 6) is 0.624. The summed E-state index contributed by atoms with van der Waals surface area (Å²) < 4.78 is 49.0. The molecule has 8 heteroatoms. The average molecular weight is 332 g/mol. The van der Waals surface area contributed by atoms with Crippen LogP contribution in [0.5, 0.6) is 0 Å². The van der Waals surface area contributed by atoms with Crippen molar-refractivity contribution in [2.45, 2.75) is 30.1 Å². The molecule has 0 amide bonds. The first-order valence-electron chi connectivity index (χ1n) is 6.73. The van der Waals surface area contributed by atoms with Gasteiger partial charge < -0.3 is 0 Å². The summed E-state index contributed by atoms with van der Waals surface area (Å²) in [6.45, 7) is 5.04. The van der Waals surface area contributed by atoms with E-state index in [2.05, 4.69) is 0 Å². The highest BCUT2D eigenvalue weighted by Gasteiger charge is 2.31. The fraction of sp³-hybridized carbons (Fsp3) is 0.538. The Bertz CT molecular complexity index is 701. The van der Waals surface area contributed by atoms with Gasteiger partial charge in [0.2, 0.25) is 20.0 Å². The number of nitrogens with two attached hydrogens (primary N) is 1. The molecule has 0 aromatic heterocycles. The maximum absolute atomic E-state index is 12.6. The number of primary sulfonamides is 1. The smallest absolute Gasteiger partial charge is 0.225 e. The minimum Gasteiger partial charge on any atom is -0.225 e. The Balaban J connectivity index is 2.31. The van der Waals surface area contributed by atoms with Gasteiger partial charge in [0.15, 0.2) is 0 Å². The summed E-state index contributed by atoms with van der Waals surface area (Å²) in [6.07, 6.45) is 1.01. The quantitative estimate of drug-likeness (QED) is 0.893. The van der Waals surface area contributed by atoms with Crippen molar-refractivity contribution in [1.29, 1.82) is 0 Å². The molecule has 1 aliphatic heterocycles. The Labute approximate surface area is 126 Å². The van der Waals surface area contributed by atoms with Crippen LogP contribution in [0.15, 0.2) is 34.1 Å². The van der Waals surface area contributed by atoms with Crippen LogP contribution >= 0.6 is 0 Å².